The Hall–Kier alpha value is -4.10. The molecule has 2 aromatic heterocycles. The van der Waals surface area contributed by atoms with E-state index in [-0.39, 0.29) is 85.3 Å². The number of likely N-dealkylation sites (tertiary alicyclic amines) is 2. The summed E-state index contributed by atoms with van der Waals surface area (Å²) < 4.78 is 22.5. The lowest BCUT2D eigenvalue weighted by Crippen LogP contribution is -2.53. The number of furan rings is 2. The first kappa shape index (κ1) is 48.4. The van der Waals surface area contributed by atoms with Gasteiger partial charge in [0.25, 0.3) is 0 Å². The van der Waals surface area contributed by atoms with E-state index in [0.717, 1.165) is 123 Å². The minimum absolute atomic E-state index is 0. The first-order valence-electron chi connectivity index (χ1n) is 22.9. The summed E-state index contributed by atoms with van der Waals surface area (Å²) in [5.41, 5.74) is 3.59. The number of benzene rings is 2. The van der Waals surface area contributed by atoms with Gasteiger partial charge in [-0.25, -0.2) is 0 Å². The van der Waals surface area contributed by atoms with Crippen molar-refractivity contribution in [1.82, 2.24) is 19.6 Å². The largest absolute Gasteiger partial charge is 0.465 e. The quantitative estimate of drug-likeness (QED) is 0.102. The SMILES string of the molecule is CN(C(=O)Cc1cccc2occc12)[C@@H]1CCCC[C@H]1N1CCC(COC(=O)CCCC(=O)OCC2CCN([C@H]3CCCC[C@@H]3N(C)C(=O)Cc3cccc4occc34)C2)C1.Cl.Cl. The number of carbonyl (C=O) groups excluding carboxylic acids is 4. The van der Waals surface area contributed by atoms with E-state index < -0.39 is 0 Å². The van der Waals surface area contributed by atoms with Crippen molar-refractivity contribution in [2.75, 3.05) is 53.5 Å². The molecule has 4 heterocycles. The van der Waals surface area contributed by atoms with Gasteiger partial charge in [-0.3, -0.25) is 29.0 Å². The zero-order chi connectivity index (χ0) is 42.3. The van der Waals surface area contributed by atoms with Crippen molar-refractivity contribution >= 4 is 70.5 Å². The minimum Gasteiger partial charge on any atom is -0.465 e. The number of nitrogens with zero attached hydrogens (tertiary/aromatic N) is 4. The number of rotatable bonds is 16. The van der Waals surface area contributed by atoms with Gasteiger partial charge in [0.2, 0.25) is 11.8 Å². The second-order valence-electron chi connectivity index (χ2n) is 18.2. The van der Waals surface area contributed by atoms with E-state index in [0.29, 0.717) is 44.6 Å². The number of carbonyl (C=O) groups is 4. The molecule has 12 nitrogen and oxygen atoms in total. The van der Waals surface area contributed by atoms with E-state index in [9.17, 15) is 19.2 Å². The van der Waals surface area contributed by atoms with Crippen LogP contribution in [0.25, 0.3) is 21.9 Å². The number of amides is 2. The van der Waals surface area contributed by atoms with Gasteiger partial charge < -0.3 is 28.1 Å². The van der Waals surface area contributed by atoms with Crippen molar-refractivity contribution in [1.29, 1.82) is 0 Å². The second kappa shape index (κ2) is 22.7. The average Bonchev–Trinajstić information content (AvgIpc) is 4.13. The van der Waals surface area contributed by atoms with Gasteiger partial charge in [0.15, 0.2) is 0 Å². The van der Waals surface area contributed by atoms with Crippen LogP contribution in [0.2, 0.25) is 0 Å². The summed E-state index contributed by atoms with van der Waals surface area (Å²) in [5.74, 6) is 0.238. The lowest BCUT2D eigenvalue weighted by molar-refractivity contribution is -0.147. The monoisotopic (exact) mass is 908 g/mol. The zero-order valence-electron chi connectivity index (χ0n) is 37.0. The molecule has 2 aliphatic heterocycles. The van der Waals surface area contributed by atoms with Gasteiger partial charge >= 0.3 is 11.9 Å². The van der Waals surface area contributed by atoms with Gasteiger partial charge in [0.1, 0.15) is 11.2 Å². The van der Waals surface area contributed by atoms with Gasteiger partial charge in [-0.1, -0.05) is 49.9 Å². The standard InChI is InChI=1S/C49H64N4O8.2ClH/c1-50(46(54)28-36-10-7-16-44-38(36)22-26-58-44)40-12-3-5-14-42(40)52-24-20-34(30-52)32-60-48(56)18-9-19-49(57)61-33-35-21-25-53(31-35)43-15-6-4-13-41(43)51(2)47(55)29-37-11-8-17-45-39(37)23-27-59-45;;/h7-8,10-11,16-17,22-23,26-27,34-35,40-43H,3-6,9,12-15,18-21,24-25,28-33H2,1-2H3;2*1H/t34?,35?,40-,41+,42-,43+;;. The summed E-state index contributed by atoms with van der Waals surface area (Å²) >= 11 is 0. The van der Waals surface area contributed by atoms with Crippen LogP contribution >= 0.6 is 24.8 Å². The van der Waals surface area contributed by atoms with Crippen LogP contribution < -0.4 is 0 Å². The van der Waals surface area contributed by atoms with Crippen LogP contribution in [-0.2, 0) is 41.5 Å². The number of halogens is 2. The highest BCUT2D eigenvalue weighted by Crippen LogP contribution is 2.33. The van der Waals surface area contributed by atoms with E-state index in [1.807, 2.05) is 72.4 Å². The molecule has 0 spiro atoms. The van der Waals surface area contributed by atoms with Crippen molar-refractivity contribution in [3.8, 4) is 0 Å². The summed E-state index contributed by atoms with van der Waals surface area (Å²) in [4.78, 5) is 61.5. The predicted molar refractivity (Wildman–Crippen MR) is 247 cm³/mol. The van der Waals surface area contributed by atoms with Crippen LogP contribution in [0.15, 0.2) is 69.9 Å². The number of hydrogen-bond acceptors (Lipinski definition) is 10. The average molecular weight is 910 g/mol. The zero-order valence-corrected chi connectivity index (χ0v) is 38.6. The second-order valence-corrected chi connectivity index (χ2v) is 18.2. The predicted octanol–water partition coefficient (Wildman–Crippen LogP) is 8.25. The molecule has 344 valence electrons. The Kier molecular flexibility index (Phi) is 17.4. The lowest BCUT2D eigenvalue weighted by atomic mass is 9.88. The van der Waals surface area contributed by atoms with Crippen molar-refractivity contribution in [3.05, 3.63) is 72.2 Å². The molecule has 0 bridgehead atoms. The summed E-state index contributed by atoms with van der Waals surface area (Å²) in [6.45, 7) is 4.35. The van der Waals surface area contributed by atoms with Crippen molar-refractivity contribution in [3.63, 3.8) is 0 Å². The third-order valence-corrected chi connectivity index (χ3v) is 14.3. The van der Waals surface area contributed by atoms with Gasteiger partial charge in [0, 0.05) is 86.8 Å². The first-order chi connectivity index (χ1) is 29.7. The van der Waals surface area contributed by atoms with Crippen LogP contribution in [0.1, 0.15) is 94.6 Å². The highest BCUT2D eigenvalue weighted by Gasteiger charge is 2.39. The molecule has 4 fully saturated rings. The van der Waals surface area contributed by atoms with E-state index >= 15 is 0 Å². The summed E-state index contributed by atoms with van der Waals surface area (Å²) in [5, 5.41) is 1.99. The number of ether oxygens (including phenoxy) is 2. The number of likely N-dealkylation sites (N-methyl/N-ethyl adjacent to an activating group) is 2. The van der Waals surface area contributed by atoms with Crippen molar-refractivity contribution in [2.24, 2.45) is 11.8 Å². The summed E-state index contributed by atoms with van der Waals surface area (Å²) in [6.07, 6.45) is 15.4. The van der Waals surface area contributed by atoms with E-state index in [2.05, 4.69) is 9.80 Å². The summed E-state index contributed by atoms with van der Waals surface area (Å²) in [6, 6.07) is 16.6. The first-order valence-corrected chi connectivity index (χ1v) is 22.9. The Morgan fingerprint density at radius 3 is 1.48 bits per heavy atom. The Bertz CT molecular complexity index is 1990. The molecule has 6 atom stereocenters. The van der Waals surface area contributed by atoms with Gasteiger partial charge in [-0.15, -0.1) is 24.8 Å². The topological polar surface area (TPSA) is 126 Å². The highest BCUT2D eigenvalue weighted by molar-refractivity contribution is 5.89. The van der Waals surface area contributed by atoms with Crippen molar-refractivity contribution < 1.29 is 37.5 Å². The molecule has 2 saturated heterocycles. The Morgan fingerprint density at radius 2 is 1.03 bits per heavy atom. The Morgan fingerprint density at radius 1 is 0.603 bits per heavy atom. The smallest absolute Gasteiger partial charge is 0.305 e. The van der Waals surface area contributed by atoms with Gasteiger partial charge in [0.05, 0.1) is 38.6 Å². The Balaban J connectivity index is 0.00000330. The molecule has 14 heteroatoms. The molecule has 2 aliphatic carbocycles. The number of hydrogen-bond donors (Lipinski definition) is 0. The third kappa shape index (κ3) is 11.8. The maximum atomic E-state index is 13.6. The van der Waals surface area contributed by atoms with Crippen molar-refractivity contribution in [2.45, 2.75) is 120 Å². The van der Waals surface area contributed by atoms with Crippen LogP contribution in [0, 0.1) is 11.8 Å². The molecule has 2 aromatic carbocycles. The fourth-order valence-corrected chi connectivity index (χ4v) is 10.8. The molecular formula is C49H66Cl2N4O8. The van der Waals surface area contributed by atoms with E-state index in [1.165, 1.54) is 0 Å². The molecular weight excluding hydrogens is 843 g/mol. The fraction of sp³-hybridized carbons (Fsp3) is 0.592. The lowest BCUT2D eigenvalue weighted by Gasteiger charge is -2.42. The fourth-order valence-electron chi connectivity index (χ4n) is 10.8. The van der Waals surface area contributed by atoms with Crippen LogP contribution in [0.3, 0.4) is 0 Å². The molecule has 2 saturated carbocycles. The van der Waals surface area contributed by atoms with Gasteiger partial charge in [-0.2, -0.15) is 0 Å². The highest BCUT2D eigenvalue weighted by atomic mass is 35.5. The molecule has 4 aliphatic rings. The van der Waals surface area contributed by atoms with Gasteiger partial charge in [-0.05, 0) is 93.4 Å². The third-order valence-electron chi connectivity index (χ3n) is 14.3. The maximum Gasteiger partial charge on any atom is 0.305 e. The molecule has 0 radical (unpaired) electrons. The van der Waals surface area contributed by atoms with Crippen LogP contribution in [0.4, 0.5) is 0 Å². The minimum atomic E-state index is -0.268. The normalized spacial score (nSPS) is 24.1. The van der Waals surface area contributed by atoms with E-state index in [4.69, 9.17) is 18.3 Å². The summed E-state index contributed by atoms with van der Waals surface area (Å²) in [7, 11) is 3.91. The Labute approximate surface area is 384 Å². The molecule has 4 aromatic rings. The maximum absolute atomic E-state index is 13.6. The number of esters is 2. The molecule has 63 heavy (non-hydrogen) atoms. The number of fused-ring (bicyclic) bond motifs is 2. The molecule has 2 unspecified atom stereocenters. The molecule has 2 amide bonds. The molecule has 8 rings (SSSR count). The van der Waals surface area contributed by atoms with Crippen LogP contribution in [0.5, 0.6) is 0 Å². The van der Waals surface area contributed by atoms with Crippen LogP contribution in [-0.4, -0.2) is 121 Å². The van der Waals surface area contributed by atoms with E-state index in [1.54, 1.807) is 12.5 Å². The molecule has 0 N–H and O–H groups in total.